The lowest BCUT2D eigenvalue weighted by atomic mass is 10.0. The Morgan fingerprint density at radius 2 is 1.71 bits per heavy atom. The average Bonchev–Trinajstić information content (AvgIpc) is 2.55. The van der Waals surface area contributed by atoms with Gasteiger partial charge in [0.25, 0.3) is 0 Å². The van der Waals surface area contributed by atoms with E-state index in [2.05, 4.69) is 4.98 Å². The van der Waals surface area contributed by atoms with Gasteiger partial charge >= 0.3 is 6.18 Å². The fourth-order valence-corrected chi connectivity index (χ4v) is 2.82. The number of hydrogen-bond acceptors (Lipinski definition) is 3. The van der Waals surface area contributed by atoms with Gasteiger partial charge in [0.05, 0.1) is 5.56 Å². The van der Waals surface area contributed by atoms with E-state index < -0.39 is 17.6 Å². The second-order valence-electron chi connectivity index (χ2n) is 5.92. The molecule has 1 aromatic heterocycles. The van der Waals surface area contributed by atoms with E-state index in [4.69, 9.17) is 5.73 Å². The van der Waals surface area contributed by atoms with Crippen LogP contribution in [0.5, 0.6) is 0 Å². The van der Waals surface area contributed by atoms with Gasteiger partial charge in [-0.3, -0.25) is 0 Å². The Balaban J connectivity index is 2.05. The van der Waals surface area contributed by atoms with Crippen molar-refractivity contribution in [2.24, 2.45) is 5.73 Å². The first kappa shape index (κ1) is 16.7. The first-order valence-electron chi connectivity index (χ1n) is 7.68. The molecule has 2 N–H and O–H groups in total. The van der Waals surface area contributed by atoms with Crippen molar-refractivity contribution in [1.29, 1.82) is 0 Å². The highest BCUT2D eigenvalue weighted by Crippen LogP contribution is 2.36. The zero-order valence-electron chi connectivity index (χ0n) is 12.9. The standard InChI is InChI=1S/C17H17F4N3/c18-13-3-1-11(2-4-13)15-9-12(17(19,20)21)10-23-16(15)24-7-5-14(22)6-8-24/h1-4,9-10,14H,5-8,22H2. The summed E-state index contributed by atoms with van der Waals surface area (Å²) in [5.41, 5.74) is 5.91. The number of halogens is 4. The molecule has 0 bridgehead atoms. The monoisotopic (exact) mass is 339 g/mol. The molecule has 2 aromatic rings. The van der Waals surface area contributed by atoms with Gasteiger partial charge in [-0.05, 0) is 36.6 Å². The zero-order chi connectivity index (χ0) is 17.3. The van der Waals surface area contributed by atoms with Crippen LogP contribution in [0.15, 0.2) is 36.5 Å². The minimum Gasteiger partial charge on any atom is -0.356 e. The van der Waals surface area contributed by atoms with Gasteiger partial charge in [0.2, 0.25) is 0 Å². The summed E-state index contributed by atoms with van der Waals surface area (Å²) in [5.74, 6) is 0.0330. The Labute approximate surface area is 137 Å². The lowest BCUT2D eigenvalue weighted by Crippen LogP contribution is -2.40. The Hall–Kier alpha value is -2.15. The van der Waals surface area contributed by atoms with E-state index in [1.807, 2.05) is 4.90 Å². The number of nitrogens with zero attached hydrogens (tertiary/aromatic N) is 2. The molecule has 24 heavy (non-hydrogen) atoms. The molecule has 1 aromatic carbocycles. The first-order valence-corrected chi connectivity index (χ1v) is 7.68. The van der Waals surface area contributed by atoms with Crippen molar-refractivity contribution < 1.29 is 17.6 Å². The number of rotatable bonds is 2. The van der Waals surface area contributed by atoms with Crippen LogP contribution in [-0.2, 0) is 6.18 Å². The predicted octanol–water partition coefficient (Wildman–Crippen LogP) is 3.83. The zero-order valence-corrected chi connectivity index (χ0v) is 12.9. The van der Waals surface area contributed by atoms with E-state index in [0.717, 1.165) is 25.1 Å². The molecule has 2 heterocycles. The molecule has 0 saturated carbocycles. The van der Waals surface area contributed by atoms with Crippen molar-refractivity contribution in [3.8, 4) is 11.1 Å². The van der Waals surface area contributed by atoms with Crippen molar-refractivity contribution in [1.82, 2.24) is 4.98 Å². The second-order valence-corrected chi connectivity index (χ2v) is 5.92. The summed E-state index contributed by atoms with van der Waals surface area (Å²) in [7, 11) is 0. The van der Waals surface area contributed by atoms with Crippen LogP contribution in [0, 0.1) is 5.82 Å². The molecule has 3 nitrogen and oxygen atoms in total. The molecule has 0 radical (unpaired) electrons. The maximum absolute atomic E-state index is 13.1. The van der Waals surface area contributed by atoms with Gasteiger partial charge in [-0.1, -0.05) is 12.1 Å². The topological polar surface area (TPSA) is 42.1 Å². The van der Waals surface area contributed by atoms with E-state index in [1.54, 1.807) is 0 Å². The van der Waals surface area contributed by atoms with Crippen LogP contribution in [0.2, 0.25) is 0 Å². The molecule has 3 rings (SSSR count). The molecular weight excluding hydrogens is 322 g/mol. The molecule has 1 saturated heterocycles. The molecule has 0 spiro atoms. The van der Waals surface area contributed by atoms with Gasteiger partial charge in [-0.25, -0.2) is 9.37 Å². The van der Waals surface area contributed by atoms with Gasteiger partial charge in [-0.15, -0.1) is 0 Å². The molecule has 1 fully saturated rings. The molecule has 1 aliphatic heterocycles. The lowest BCUT2D eigenvalue weighted by Gasteiger charge is -2.32. The van der Waals surface area contributed by atoms with Gasteiger partial charge < -0.3 is 10.6 Å². The molecular formula is C17H17F4N3. The van der Waals surface area contributed by atoms with E-state index in [9.17, 15) is 17.6 Å². The summed E-state index contributed by atoms with van der Waals surface area (Å²) in [4.78, 5) is 6.00. The summed E-state index contributed by atoms with van der Waals surface area (Å²) in [5, 5.41) is 0. The van der Waals surface area contributed by atoms with Crippen LogP contribution >= 0.6 is 0 Å². The third kappa shape index (κ3) is 3.51. The number of aromatic nitrogens is 1. The highest BCUT2D eigenvalue weighted by molar-refractivity contribution is 5.76. The number of benzene rings is 1. The fourth-order valence-electron chi connectivity index (χ4n) is 2.82. The van der Waals surface area contributed by atoms with Gasteiger partial charge in [0.15, 0.2) is 0 Å². The number of piperidine rings is 1. The maximum atomic E-state index is 13.1. The Kier molecular flexibility index (Phi) is 4.45. The third-order valence-electron chi connectivity index (χ3n) is 4.19. The lowest BCUT2D eigenvalue weighted by molar-refractivity contribution is -0.137. The van der Waals surface area contributed by atoms with E-state index in [1.165, 1.54) is 24.3 Å². The second kappa shape index (κ2) is 6.39. The normalized spacial score (nSPS) is 16.5. The van der Waals surface area contributed by atoms with E-state index in [0.29, 0.717) is 30.0 Å². The molecule has 7 heteroatoms. The molecule has 128 valence electrons. The SMILES string of the molecule is NC1CCN(c2ncc(C(F)(F)F)cc2-c2ccc(F)cc2)CC1. The minimum absolute atomic E-state index is 0.102. The van der Waals surface area contributed by atoms with E-state index >= 15 is 0 Å². The first-order chi connectivity index (χ1) is 11.3. The highest BCUT2D eigenvalue weighted by atomic mass is 19.4. The summed E-state index contributed by atoms with van der Waals surface area (Å²) in [6, 6.07) is 6.56. The fraction of sp³-hybridized carbons (Fsp3) is 0.353. The van der Waals surface area contributed by atoms with Crippen LogP contribution < -0.4 is 10.6 Å². The van der Waals surface area contributed by atoms with E-state index in [-0.39, 0.29) is 6.04 Å². The quantitative estimate of drug-likeness (QED) is 0.846. The average molecular weight is 339 g/mol. The summed E-state index contributed by atoms with van der Waals surface area (Å²) < 4.78 is 52.3. The van der Waals surface area contributed by atoms with Gasteiger partial charge in [0, 0.05) is 30.9 Å². The summed E-state index contributed by atoms with van der Waals surface area (Å²) >= 11 is 0. The van der Waals surface area contributed by atoms with Crippen molar-refractivity contribution >= 4 is 5.82 Å². The maximum Gasteiger partial charge on any atom is 0.417 e. The third-order valence-corrected chi connectivity index (χ3v) is 4.19. The molecule has 1 aliphatic rings. The number of nitrogens with two attached hydrogens (primary N) is 1. The molecule has 0 amide bonds. The van der Waals surface area contributed by atoms with Crippen LogP contribution in [0.1, 0.15) is 18.4 Å². The van der Waals surface area contributed by atoms with Crippen molar-refractivity contribution in [2.75, 3.05) is 18.0 Å². The largest absolute Gasteiger partial charge is 0.417 e. The smallest absolute Gasteiger partial charge is 0.356 e. The van der Waals surface area contributed by atoms with Crippen molar-refractivity contribution in [3.05, 3.63) is 47.9 Å². The number of pyridine rings is 1. The Morgan fingerprint density at radius 1 is 1.08 bits per heavy atom. The van der Waals surface area contributed by atoms with Crippen LogP contribution in [0.4, 0.5) is 23.4 Å². The molecule has 0 unspecified atom stereocenters. The van der Waals surface area contributed by atoms with Gasteiger partial charge in [0.1, 0.15) is 11.6 Å². The summed E-state index contributed by atoms with van der Waals surface area (Å²) in [6.45, 7) is 1.27. The predicted molar refractivity (Wildman–Crippen MR) is 84.1 cm³/mol. The van der Waals surface area contributed by atoms with Gasteiger partial charge in [-0.2, -0.15) is 13.2 Å². The van der Waals surface area contributed by atoms with Crippen molar-refractivity contribution in [2.45, 2.75) is 25.1 Å². The Bertz CT molecular complexity index is 705. The van der Waals surface area contributed by atoms with Crippen LogP contribution in [-0.4, -0.2) is 24.1 Å². The molecule has 0 aliphatic carbocycles. The number of alkyl halides is 3. The van der Waals surface area contributed by atoms with Crippen molar-refractivity contribution in [3.63, 3.8) is 0 Å². The molecule has 0 atom stereocenters. The Morgan fingerprint density at radius 3 is 2.29 bits per heavy atom. The summed E-state index contributed by atoms with van der Waals surface area (Å²) in [6.07, 6.45) is -2.13. The number of hydrogen-bond donors (Lipinski definition) is 1. The van der Waals surface area contributed by atoms with Crippen LogP contribution in [0.25, 0.3) is 11.1 Å². The minimum atomic E-state index is -4.48. The highest BCUT2D eigenvalue weighted by Gasteiger charge is 2.32. The van der Waals surface area contributed by atoms with Crippen LogP contribution in [0.3, 0.4) is 0 Å². The number of anilines is 1.